The van der Waals surface area contributed by atoms with E-state index in [1.165, 1.54) is 12.3 Å². The number of hydrogen-bond acceptors (Lipinski definition) is 6. The minimum Gasteiger partial charge on any atom is -0.495 e. The minimum atomic E-state index is -0.276. The van der Waals surface area contributed by atoms with Gasteiger partial charge in [0.15, 0.2) is 5.82 Å². The molecule has 0 aliphatic carbocycles. The van der Waals surface area contributed by atoms with E-state index < -0.39 is 0 Å². The summed E-state index contributed by atoms with van der Waals surface area (Å²) in [4.78, 5) is 4.33. The van der Waals surface area contributed by atoms with E-state index >= 15 is 0 Å². The summed E-state index contributed by atoms with van der Waals surface area (Å²) in [5, 5.41) is 14.6. The fourth-order valence-corrected chi connectivity index (χ4v) is 2.47. The summed E-state index contributed by atoms with van der Waals surface area (Å²) in [7, 11) is 1.55. The number of benzene rings is 2. The number of nitrogens with one attached hydrogen (secondary N) is 2. The van der Waals surface area contributed by atoms with Crippen molar-refractivity contribution in [1.29, 1.82) is 0 Å². The van der Waals surface area contributed by atoms with Gasteiger partial charge in [0.2, 0.25) is 5.95 Å². The zero-order chi connectivity index (χ0) is 18.5. The monoisotopic (exact) mass is 373 g/mol. The Kier molecular flexibility index (Phi) is 5.48. The number of nitrogens with zero attached hydrogens (tertiary/aromatic N) is 3. The average Bonchev–Trinajstić information content (AvgIpc) is 2.64. The van der Waals surface area contributed by atoms with E-state index in [-0.39, 0.29) is 18.3 Å². The third kappa shape index (κ3) is 4.18. The van der Waals surface area contributed by atoms with Gasteiger partial charge in [-0.3, -0.25) is 0 Å². The molecule has 3 rings (SSSR count). The molecule has 0 bridgehead atoms. The SMILES string of the molecule is COc1cc(Cl)c(C)cc1Nc1nncc(NCc2ccccc2F)n1. The van der Waals surface area contributed by atoms with Gasteiger partial charge in [-0.2, -0.15) is 10.1 Å². The Hall–Kier alpha value is -2.93. The molecule has 8 heteroatoms. The zero-order valence-electron chi connectivity index (χ0n) is 14.3. The molecule has 0 aliphatic rings. The average molecular weight is 374 g/mol. The van der Waals surface area contributed by atoms with Crippen LogP contribution in [0.4, 0.5) is 21.8 Å². The largest absolute Gasteiger partial charge is 0.495 e. The topological polar surface area (TPSA) is 72.0 Å². The maximum atomic E-state index is 13.7. The maximum Gasteiger partial charge on any atom is 0.249 e. The number of halogens is 2. The summed E-state index contributed by atoms with van der Waals surface area (Å²) < 4.78 is 19.0. The second kappa shape index (κ2) is 7.97. The molecule has 0 saturated carbocycles. The second-order valence-corrected chi connectivity index (χ2v) is 5.94. The highest BCUT2D eigenvalue weighted by Gasteiger charge is 2.10. The normalized spacial score (nSPS) is 10.5. The van der Waals surface area contributed by atoms with Crippen LogP contribution in [0.15, 0.2) is 42.6 Å². The van der Waals surface area contributed by atoms with Crippen LogP contribution in [0.2, 0.25) is 5.02 Å². The first-order valence-corrected chi connectivity index (χ1v) is 8.23. The van der Waals surface area contributed by atoms with Crippen molar-refractivity contribution in [2.75, 3.05) is 17.7 Å². The van der Waals surface area contributed by atoms with Crippen LogP contribution in [-0.2, 0) is 6.54 Å². The molecule has 0 atom stereocenters. The lowest BCUT2D eigenvalue weighted by atomic mass is 10.2. The summed E-state index contributed by atoms with van der Waals surface area (Å²) in [5.74, 6) is 1.04. The quantitative estimate of drug-likeness (QED) is 0.669. The Labute approximate surface area is 155 Å². The molecule has 2 N–H and O–H groups in total. The molecule has 1 heterocycles. The molecule has 26 heavy (non-hydrogen) atoms. The van der Waals surface area contributed by atoms with E-state index in [2.05, 4.69) is 25.8 Å². The van der Waals surface area contributed by atoms with E-state index in [0.717, 1.165) is 5.56 Å². The van der Waals surface area contributed by atoms with Gasteiger partial charge in [0.25, 0.3) is 0 Å². The van der Waals surface area contributed by atoms with Gasteiger partial charge in [-0.15, -0.1) is 5.10 Å². The van der Waals surface area contributed by atoms with Crippen molar-refractivity contribution in [3.63, 3.8) is 0 Å². The molecule has 0 fully saturated rings. The standard InChI is InChI=1S/C18H17ClFN5O/c1-11-7-15(16(26-2)8-13(11)19)23-18-24-17(10-22-25-18)21-9-12-5-3-4-6-14(12)20/h3-8,10H,9H2,1-2H3,(H2,21,23,24,25). The second-order valence-electron chi connectivity index (χ2n) is 5.54. The molecule has 134 valence electrons. The van der Waals surface area contributed by atoms with Gasteiger partial charge in [0.1, 0.15) is 11.6 Å². The van der Waals surface area contributed by atoms with E-state index in [1.807, 2.05) is 13.0 Å². The van der Waals surface area contributed by atoms with E-state index in [9.17, 15) is 4.39 Å². The van der Waals surface area contributed by atoms with Crippen molar-refractivity contribution in [2.45, 2.75) is 13.5 Å². The number of anilines is 3. The molecule has 0 radical (unpaired) electrons. The van der Waals surface area contributed by atoms with Crippen molar-refractivity contribution in [1.82, 2.24) is 15.2 Å². The molecular weight excluding hydrogens is 357 g/mol. The maximum absolute atomic E-state index is 13.7. The van der Waals surface area contributed by atoms with Crippen LogP contribution in [0, 0.1) is 12.7 Å². The van der Waals surface area contributed by atoms with Crippen LogP contribution in [0.3, 0.4) is 0 Å². The lowest BCUT2D eigenvalue weighted by Crippen LogP contribution is -2.07. The van der Waals surface area contributed by atoms with Gasteiger partial charge in [-0.1, -0.05) is 29.8 Å². The van der Waals surface area contributed by atoms with Crippen LogP contribution in [0.1, 0.15) is 11.1 Å². The Morgan fingerprint density at radius 3 is 2.81 bits per heavy atom. The summed E-state index contributed by atoms with van der Waals surface area (Å²) in [6.45, 7) is 2.17. The number of ether oxygens (including phenoxy) is 1. The molecule has 0 spiro atoms. The van der Waals surface area contributed by atoms with Crippen molar-refractivity contribution < 1.29 is 9.13 Å². The molecule has 3 aromatic rings. The van der Waals surface area contributed by atoms with Gasteiger partial charge in [-0.05, 0) is 24.6 Å². The Morgan fingerprint density at radius 2 is 2.04 bits per heavy atom. The summed E-state index contributed by atoms with van der Waals surface area (Å²) in [6, 6.07) is 10.1. The third-order valence-corrected chi connectivity index (χ3v) is 4.11. The van der Waals surface area contributed by atoms with Crippen molar-refractivity contribution >= 4 is 29.1 Å². The first-order chi connectivity index (χ1) is 12.6. The van der Waals surface area contributed by atoms with Gasteiger partial charge < -0.3 is 15.4 Å². The van der Waals surface area contributed by atoms with Gasteiger partial charge >= 0.3 is 0 Å². The van der Waals surface area contributed by atoms with E-state index in [1.54, 1.807) is 31.4 Å². The Balaban J connectivity index is 1.76. The highest BCUT2D eigenvalue weighted by atomic mass is 35.5. The van der Waals surface area contributed by atoms with Gasteiger partial charge in [0, 0.05) is 23.2 Å². The predicted octanol–water partition coefficient (Wildman–Crippen LogP) is 4.34. The summed E-state index contributed by atoms with van der Waals surface area (Å²) >= 11 is 6.11. The Bertz CT molecular complexity index is 922. The van der Waals surface area contributed by atoms with Crippen molar-refractivity contribution in [2.24, 2.45) is 0 Å². The molecule has 2 aromatic carbocycles. The number of aryl methyl sites for hydroxylation is 1. The lowest BCUT2D eigenvalue weighted by molar-refractivity contribution is 0.416. The molecule has 0 amide bonds. The predicted molar refractivity (Wildman–Crippen MR) is 99.6 cm³/mol. The first-order valence-electron chi connectivity index (χ1n) is 7.85. The number of aromatic nitrogens is 3. The number of methoxy groups -OCH3 is 1. The highest BCUT2D eigenvalue weighted by Crippen LogP contribution is 2.32. The molecule has 6 nitrogen and oxygen atoms in total. The smallest absolute Gasteiger partial charge is 0.249 e. The van der Waals surface area contributed by atoms with Crippen LogP contribution in [-0.4, -0.2) is 22.3 Å². The van der Waals surface area contributed by atoms with Crippen molar-refractivity contribution in [3.8, 4) is 5.75 Å². The van der Waals surface area contributed by atoms with E-state index in [4.69, 9.17) is 16.3 Å². The van der Waals surface area contributed by atoms with Gasteiger partial charge in [0.05, 0.1) is 19.0 Å². The van der Waals surface area contributed by atoms with Crippen LogP contribution < -0.4 is 15.4 Å². The van der Waals surface area contributed by atoms with E-state index in [0.29, 0.717) is 27.8 Å². The van der Waals surface area contributed by atoms with Crippen LogP contribution in [0.25, 0.3) is 0 Å². The number of rotatable bonds is 6. The van der Waals surface area contributed by atoms with Gasteiger partial charge in [-0.25, -0.2) is 4.39 Å². The fraction of sp³-hybridized carbons (Fsp3) is 0.167. The molecule has 0 saturated heterocycles. The molecule has 0 unspecified atom stereocenters. The summed E-state index contributed by atoms with van der Waals surface area (Å²) in [6.07, 6.45) is 1.47. The highest BCUT2D eigenvalue weighted by molar-refractivity contribution is 6.31. The lowest BCUT2D eigenvalue weighted by Gasteiger charge is -2.12. The molecular formula is C18H17ClFN5O. The Morgan fingerprint density at radius 1 is 1.23 bits per heavy atom. The van der Waals surface area contributed by atoms with Crippen LogP contribution >= 0.6 is 11.6 Å². The van der Waals surface area contributed by atoms with Crippen LogP contribution in [0.5, 0.6) is 5.75 Å². The minimum absolute atomic E-state index is 0.276. The molecule has 1 aromatic heterocycles. The zero-order valence-corrected chi connectivity index (χ0v) is 15.0. The fourth-order valence-electron chi connectivity index (χ4n) is 2.32. The molecule has 0 aliphatic heterocycles. The first kappa shape index (κ1) is 17.9. The van der Waals surface area contributed by atoms with Crippen molar-refractivity contribution in [3.05, 3.63) is 64.6 Å². The summed E-state index contributed by atoms with van der Waals surface area (Å²) in [5.41, 5.74) is 2.09. The number of hydrogen-bond donors (Lipinski definition) is 2. The third-order valence-electron chi connectivity index (χ3n) is 3.70.